The summed E-state index contributed by atoms with van der Waals surface area (Å²) in [7, 11) is -3.79. The van der Waals surface area contributed by atoms with E-state index in [0.29, 0.717) is 12.8 Å². The number of carbonyl (C=O) groups excluding carboxylic acids is 1. The van der Waals surface area contributed by atoms with Gasteiger partial charge >= 0.3 is 0 Å². The van der Waals surface area contributed by atoms with Crippen LogP contribution < -0.4 is 0 Å². The van der Waals surface area contributed by atoms with Gasteiger partial charge in [0.05, 0.1) is 10.8 Å². The Bertz CT molecular complexity index is 798. The van der Waals surface area contributed by atoms with Crippen molar-refractivity contribution in [3.05, 3.63) is 65.7 Å². The average Bonchev–Trinajstić information content (AvgIpc) is 2.56. The molecule has 0 spiro atoms. The highest BCUT2D eigenvalue weighted by Gasteiger charge is 2.37. The van der Waals surface area contributed by atoms with Crippen LogP contribution in [0.4, 0.5) is 0 Å². The second kappa shape index (κ2) is 6.16. The summed E-state index contributed by atoms with van der Waals surface area (Å²) in [6.07, 6.45) is 1.36. The van der Waals surface area contributed by atoms with Crippen molar-refractivity contribution in [2.75, 3.05) is 6.54 Å². The van der Waals surface area contributed by atoms with E-state index in [4.69, 9.17) is 0 Å². The van der Waals surface area contributed by atoms with Crippen LogP contribution in [0.1, 0.15) is 29.9 Å². The van der Waals surface area contributed by atoms with E-state index < -0.39 is 10.0 Å². The molecule has 0 saturated carbocycles. The number of nitrogens with zero attached hydrogens (tertiary/aromatic N) is 1. The van der Waals surface area contributed by atoms with Crippen molar-refractivity contribution in [1.29, 1.82) is 0 Å². The first kappa shape index (κ1) is 15.7. The highest BCUT2D eigenvalue weighted by Crippen LogP contribution is 2.31. The van der Waals surface area contributed by atoms with Crippen LogP contribution >= 0.6 is 0 Å². The first-order valence-electron chi connectivity index (χ1n) is 7.68. The van der Waals surface area contributed by atoms with Gasteiger partial charge in [-0.2, -0.15) is 0 Å². The Morgan fingerprint density at radius 1 is 1.00 bits per heavy atom. The molecule has 1 unspecified atom stereocenters. The molecule has 1 saturated heterocycles. The molecule has 0 aliphatic carbocycles. The van der Waals surface area contributed by atoms with E-state index in [2.05, 4.69) is 0 Å². The minimum atomic E-state index is -3.79. The first-order valence-corrected chi connectivity index (χ1v) is 9.12. The van der Waals surface area contributed by atoms with Crippen molar-refractivity contribution >= 4 is 15.9 Å². The van der Waals surface area contributed by atoms with E-state index >= 15 is 0 Å². The van der Waals surface area contributed by atoms with Crippen LogP contribution in [0.2, 0.25) is 0 Å². The van der Waals surface area contributed by atoms with Crippen LogP contribution in [0.15, 0.2) is 59.5 Å². The van der Waals surface area contributed by atoms with E-state index in [9.17, 15) is 13.2 Å². The monoisotopic (exact) mass is 329 g/mol. The molecule has 0 radical (unpaired) electrons. The Hall–Kier alpha value is -2.14. The zero-order valence-electron chi connectivity index (χ0n) is 13.0. The summed E-state index contributed by atoms with van der Waals surface area (Å²) >= 11 is 0. The number of benzene rings is 2. The fourth-order valence-corrected chi connectivity index (χ4v) is 4.39. The highest BCUT2D eigenvalue weighted by atomic mass is 32.2. The molecule has 120 valence electrons. The maximum absolute atomic E-state index is 12.8. The molecule has 2 aromatic carbocycles. The third-order valence-electron chi connectivity index (χ3n) is 4.21. The van der Waals surface area contributed by atoms with Gasteiger partial charge in [0.15, 0.2) is 0 Å². The van der Waals surface area contributed by atoms with Crippen molar-refractivity contribution in [3.63, 3.8) is 0 Å². The molecular weight excluding hydrogens is 310 g/mol. The fraction of sp³-hybridized carbons (Fsp3) is 0.278. The molecule has 1 heterocycles. The van der Waals surface area contributed by atoms with E-state index in [0.717, 1.165) is 15.4 Å². The normalized spacial score (nSPS) is 18.9. The third kappa shape index (κ3) is 3.01. The van der Waals surface area contributed by atoms with Gasteiger partial charge in [-0.3, -0.25) is 4.79 Å². The zero-order valence-corrected chi connectivity index (χ0v) is 13.8. The van der Waals surface area contributed by atoms with E-state index in [1.54, 1.807) is 24.3 Å². The summed E-state index contributed by atoms with van der Waals surface area (Å²) in [4.78, 5) is 12.9. The average molecular weight is 329 g/mol. The van der Waals surface area contributed by atoms with Gasteiger partial charge in [0, 0.05) is 6.54 Å². The standard InChI is InChI=1S/C18H19NO3S/c1-14-9-11-16(12-10-14)23(21,22)19-13-5-8-17(18(19)20)15-6-3-2-4-7-15/h2-4,6-7,9-12,17H,5,8,13H2,1H3. The molecule has 0 aromatic heterocycles. The SMILES string of the molecule is Cc1ccc(S(=O)(=O)N2CCCC(c3ccccc3)C2=O)cc1. The molecule has 1 atom stereocenters. The lowest BCUT2D eigenvalue weighted by molar-refractivity contribution is -0.129. The molecule has 1 aliphatic rings. The largest absolute Gasteiger partial charge is 0.273 e. The summed E-state index contributed by atoms with van der Waals surface area (Å²) < 4.78 is 26.6. The Morgan fingerprint density at radius 2 is 1.65 bits per heavy atom. The predicted octanol–water partition coefficient (Wildman–Crippen LogP) is 3.09. The minimum absolute atomic E-state index is 0.171. The summed E-state index contributed by atoms with van der Waals surface area (Å²) in [6, 6.07) is 16.0. The van der Waals surface area contributed by atoms with Gasteiger partial charge in [-0.15, -0.1) is 0 Å². The minimum Gasteiger partial charge on any atom is -0.273 e. The van der Waals surface area contributed by atoms with E-state index in [1.807, 2.05) is 37.3 Å². The number of amides is 1. The van der Waals surface area contributed by atoms with Crippen molar-refractivity contribution in [1.82, 2.24) is 4.31 Å². The summed E-state index contributed by atoms with van der Waals surface area (Å²) in [5.41, 5.74) is 1.86. The van der Waals surface area contributed by atoms with Gasteiger partial charge in [-0.1, -0.05) is 48.0 Å². The lowest BCUT2D eigenvalue weighted by atomic mass is 9.91. The number of piperidine rings is 1. The van der Waals surface area contributed by atoms with Crippen LogP contribution in [-0.4, -0.2) is 25.2 Å². The molecule has 1 aliphatic heterocycles. The maximum atomic E-state index is 12.8. The first-order chi connectivity index (χ1) is 11.0. The second-order valence-corrected chi connectivity index (χ2v) is 7.70. The molecular formula is C18H19NO3S. The van der Waals surface area contributed by atoms with Gasteiger partial charge in [0.25, 0.3) is 10.0 Å². The molecule has 4 nitrogen and oxygen atoms in total. The number of rotatable bonds is 3. The topological polar surface area (TPSA) is 54.5 Å². The fourth-order valence-electron chi connectivity index (χ4n) is 2.92. The van der Waals surface area contributed by atoms with Crippen molar-refractivity contribution in [2.45, 2.75) is 30.6 Å². The van der Waals surface area contributed by atoms with Gasteiger partial charge in [-0.25, -0.2) is 12.7 Å². The van der Waals surface area contributed by atoms with E-state index in [-0.39, 0.29) is 23.3 Å². The van der Waals surface area contributed by atoms with Crippen molar-refractivity contribution in [3.8, 4) is 0 Å². The predicted molar refractivity (Wildman–Crippen MR) is 88.5 cm³/mol. The maximum Gasteiger partial charge on any atom is 0.266 e. The third-order valence-corrected chi connectivity index (χ3v) is 6.02. The molecule has 0 N–H and O–H groups in total. The Kier molecular flexibility index (Phi) is 4.22. The molecule has 1 amide bonds. The quantitative estimate of drug-likeness (QED) is 0.869. The van der Waals surface area contributed by atoms with Crippen LogP contribution in [0.5, 0.6) is 0 Å². The molecule has 23 heavy (non-hydrogen) atoms. The molecule has 0 bridgehead atoms. The van der Waals surface area contributed by atoms with Crippen LogP contribution in [0.25, 0.3) is 0 Å². The van der Waals surface area contributed by atoms with Crippen LogP contribution in [-0.2, 0) is 14.8 Å². The van der Waals surface area contributed by atoms with Gasteiger partial charge in [0.1, 0.15) is 0 Å². The van der Waals surface area contributed by atoms with Crippen LogP contribution in [0, 0.1) is 6.92 Å². The lowest BCUT2D eigenvalue weighted by Crippen LogP contribution is -2.43. The summed E-state index contributed by atoms with van der Waals surface area (Å²) in [6.45, 7) is 2.15. The smallest absolute Gasteiger partial charge is 0.266 e. The highest BCUT2D eigenvalue weighted by molar-refractivity contribution is 7.89. The number of sulfonamides is 1. The number of aryl methyl sites for hydroxylation is 1. The summed E-state index contributed by atoms with van der Waals surface area (Å²) in [5.74, 6) is -0.715. The molecule has 2 aromatic rings. The van der Waals surface area contributed by atoms with E-state index in [1.165, 1.54) is 0 Å². The lowest BCUT2D eigenvalue weighted by Gasteiger charge is -2.31. The zero-order chi connectivity index (χ0) is 16.4. The van der Waals surface area contributed by atoms with Crippen LogP contribution in [0.3, 0.4) is 0 Å². The molecule has 3 rings (SSSR count). The summed E-state index contributed by atoms with van der Waals surface area (Å²) in [5, 5.41) is 0. The second-order valence-electron chi connectivity index (χ2n) is 5.83. The van der Waals surface area contributed by atoms with Crippen molar-refractivity contribution < 1.29 is 13.2 Å². The van der Waals surface area contributed by atoms with Gasteiger partial charge in [-0.05, 0) is 37.5 Å². The number of hydrogen-bond donors (Lipinski definition) is 0. The van der Waals surface area contributed by atoms with Gasteiger partial charge < -0.3 is 0 Å². The van der Waals surface area contributed by atoms with Crippen molar-refractivity contribution in [2.24, 2.45) is 0 Å². The number of carbonyl (C=O) groups is 1. The Morgan fingerprint density at radius 3 is 2.30 bits per heavy atom. The van der Waals surface area contributed by atoms with Gasteiger partial charge in [0.2, 0.25) is 5.91 Å². The number of hydrogen-bond acceptors (Lipinski definition) is 3. The molecule has 5 heteroatoms. The Balaban J connectivity index is 1.93. The Labute approximate surface area is 136 Å². The molecule has 1 fully saturated rings.